The van der Waals surface area contributed by atoms with Gasteiger partial charge in [0, 0.05) is 17.2 Å². The Kier molecular flexibility index (Phi) is 5.25. The molecule has 0 aliphatic carbocycles. The molecule has 0 spiro atoms. The van der Waals surface area contributed by atoms with Crippen LogP contribution in [0.15, 0.2) is 41.1 Å². The molecule has 0 aliphatic heterocycles. The lowest BCUT2D eigenvalue weighted by molar-refractivity contribution is 0.412. The highest BCUT2D eigenvalue weighted by atomic mass is 79.9. The average molecular weight is 406 g/mol. The van der Waals surface area contributed by atoms with E-state index in [9.17, 15) is 0 Å². The SMILES string of the molecule is COc1ccc(C(Br)Cc2ccncc2Cl)cc1Br. The van der Waals surface area contributed by atoms with Crippen molar-refractivity contribution in [1.82, 2.24) is 4.98 Å². The Morgan fingerprint density at radius 3 is 2.79 bits per heavy atom. The summed E-state index contributed by atoms with van der Waals surface area (Å²) in [6, 6.07) is 7.97. The number of alkyl halides is 1. The zero-order valence-corrected chi connectivity index (χ0v) is 14.2. The molecule has 0 N–H and O–H groups in total. The second-order valence-corrected chi connectivity index (χ2v) is 6.40. The monoisotopic (exact) mass is 403 g/mol. The van der Waals surface area contributed by atoms with Crippen LogP contribution in [-0.2, 0) is 6.42 Å². The Hall–Kier alpha value is -0.580. The van der Waals surface area contributed by atoms with Crippen LogP contribution >= 0.6 is 43.5 Å². The summed E-state index contributed by atoms with van der Waals surface area (Å²) in [7, 11) is 1.65. The van der Waals surface area contributed by atoms with Gasteiger partial charge in [0.2, 0.25) is 0 Å². The average Bonchev–Trinajstić information content (AvgIpc) is 2.41. The molecule has 1 heterocycles. The van der Waals surface area contributed by atoms with Crippen LogP contribution in [0.1, 0.15) is 16.0 Å². The van der Waals surface area contributed by atoms with Crippen molar-refractivity contribution in [1.29, 1.82) is 0 Å². The molecule has 1 atom stereocenters. The molecular weight excluding hydrogens is 393 g/mol. The molecule has 5 heteroatoms. The van der Waals surface area contributed by atoms with Gasteiger partial charge in [-0.3, -0.25) is 4.98 Å². The standard InChI is InChI=1S/C14H12Br2ClNO/c1-19-14-3-2-9(6-12(14)16)11(15)7-10-4-5-18-8-13(10)17/h2-6,8,11H,7H2,1H3. The minimum Gasteiger partial charge on any atom is -0.496 e. The van der Waals surface area contributed by atoms with Crippen LogP contribution in [0.2, 0.25) is 5.02 Å². The first kappa shape index (κ1) is 14.8. The van der Waals surface area contributed by atoms with Crippen LogP contribution < -0.4 is 4.74 Å². The highest BCUT2D eigenvalue weighted by Crippen LogP contribution is 2.34. The van der Waals surface area contributed by atoms with Crippen molar-refractivity contribution < 1.29 is 4.74 Å². The van der Waals surface area contributed by atoms with E-state index in [1.807, 2.05) is 24.3 Å². The maximum Gasteiger partial charge on any atom is 0.133 e. The summed E-state index contributed by atoms with van der Waals surface area (Å²) in [5.74, 6) is 0.824. The van der Waals surface area contributed by atoms with Crippen molar-refractivity contribution in [2.24, 2.45) is 0 Å². The van der Waals surface area contributed by atoms with Crippen LogP contribution in [0.3, 0.4) is 0 Å². The van der Waals surface area contributed by atoms with Gasteiger partial charge in [-0.25, -0.2) is 0 Å². The number of benzene rings is 1. The highest BCUT2D eigenvalue weighted by molar-refractivity contribution is 9.10. The van der Waals surface area contributed by atoms with Crippen LogP contribution in [-0.4, -0.2) is 12.1 Å². The van der Waals surface area contributed by atoms with E-state index in [1.165, 1.54) is 5.56 Å². The van der Waals surface area contributed by atoms with Crippen LogP contribution in [0.25, 0.3) is 0 Å². The van der Waals surface area contributed by atoms with E-state index >= 15 is 0 Å². The van der Waals surface area contributed by atoms with E-state index in [4.69, 9.17) is 16.3 Å². The molecule has 0 bridgehead atoms. The van der Waals surface area contributed by atoms with E-state index < -0.39 is 0 Å². The van der Waals surface area contributed by atoms with Gasteiger partial charge in [0.1, 0.15) is 5.75 Å². The lowest BCUT2D eigenvalue weighted by Crippen LogP contribution is -1.97. The first-order valence-corrected chi connectivity index (χ1v) is 7.76. The summed E-state index contributed by atoms with van der Waals surface area (Å²) in [5.41, 5.74) is 2.24. The number of halogens is 3. The van der Waals surface area contributed by atoms with Gasteiger partial charge in [-0.05, 0) is 51.7 Å². The van der Waals surface area contributed by atoms with Crippen LogP contribution in [0.4, 0.5) is 0 Å². The van der Waals surface area contributed by atoms with E-state index in [0.29, 0.717) is 5.02 Å². The minimum atomic E-state index is 0.189. The number of aromatic nitrogens is 1. The number of ether oxygens (including phenoxy) is 1. The first-order valence-electron chi connectivity index (χ1n) is 5.67. The number of pyridine rings is 1. The second kappa shape index (κ2) is 6.73. The summed E-state index contributed by atoms with van der Waals surface area (Å²) in [5, 5.41) is 0.694. The zero-order valence-electron chi connectivity index (χ0n) is 10.2. The van der Waals surface area contributed by atoms with Crippen molar-refractivity contribution in [3.8, 4) is 5.75 Å². The van der Waals surface area contributed by atoms with Crippen molar-refractivity contribution in [3.63, 3.8) is 0 Å². The van der Waals surface area contributed by atoms with Crippen molar-refractivity contribution in [2.75, 3.05) is 7.11 Å². The number of hydrogen-bond acceptors (Lipinski definition) is 2. The molecule has 19 heavy (non-hydrogen) atoms. The zero-order chi connectivity index (χ0) is 13.8. The van der Waals surface area contributed by atoms with Crippen LogP contribution in [0, 0.1) is 0 Å². The summed E-state index contributed by atoms with van der Waals surface area (Å²) >= 11 is 13.3. The molecule has 2 nitrogen and oxygen atoms in total. The predicted octanol–water partition coefficient (Wildman–Crippen LogP) is 5.18. The Bertz CT molecular complexity index is 577. The maximum absolute atomic E-state index is 6.12. The second-order valence-electron chi connectivity index (χ2n) is 4.03. The smallest absolute Gasteiger partial charge is 0.133 e. The number of nitrogens with zero attached hydrogens (tertiary/aromatic N) is 1. The van der Waals surface area contributed by atoms with Gasteiger partial charge in [-0.2, -0.15) is 0 Å². The summed E-state index contributed by atoms with van der Waals surface area (Å²) in [6.45, 7) is 0. The molecule has 0 saturated heterocycles. The third kappa shape index (κ3) is 3.71. The van der Waals surface area contributed by atoms with Gasteiger partial charge < -0.3 is 4.74 Å². The fourth-order valence-corrected chi connectivity index (χ4v) is 3.15. The largest absolute Gasteiger partial charge is 0.496 e. The number of rotatable bonds is 4. The topological polar surface area (TPSA) is 22.1 Å². The van der Waals surface area contributed by atoms with Crippen molar-refractivity contribution >= 4 is 43.5 Å². The third-order valence-electron chi connectivity index (χ3n) is 2.79. The minimum absolute atomic E-state index is 0.189. The van der Waals surface area contributed by atoms with Gasteiger partial charge in [-0.1, -0.05) is 33.6 Å². The molecule has 0 amide bonds. The van der Waals surface area contributed by atoms with Gasteiger partial charge in [-0.15, -0.1) is 0 Å². The van der Waals surface area contributed by atoms with Gasteiger partial charge >= 0.3 is 0 Å². The summed E-state index contributed by atoms with van der Waals surface area (Å²) < 4.78 is 6.17. The molecule has 0 saturated carbocycles. The van der Waals surface area contributed by atoms with Gasteiger partial charge in [0.15, 0.2) is 0 Å². The fourth-order valence-electron chi connectivity index (χ4n) is 1.76. The van der Waals surface area contributed by atoms with Crippen molar-refractivity contribution in [2.45, 2.75) is 11.2 Å². The molecular formula is C14H12Br2ClNO. The Balaban J connectivity index is 2.18. The molecule has 1 unspecified atom stereocenters. The molecule has 100 valence electrons. The summed E-state index contributed by atoms with van der Waals surface area (Å²) in [6.07, 6.45) is 4.23. The Morgan fingerprint density at radius 1 is 1.37 bits per heavy atom. The maximum atomic E-state index is 6.12. The molecule has 0 radical (unpaired) electrons. The molecule has 0 aliphatic rings. The Morgan fingerprint density at radius 2 is 2.16 bits per heavy atom. The van der Waals surface area contributed by atoms with Gasteiger partial charge in [0.05, 0.1) is 16.6 Å². The van der Waals surface area contributed by atoms with Gasteiger partial charge in [0.25, 0.3) is 0 Å². The molecule has 2 rings (SSSR count). The fraction of sp³-hybridized carbons (Fsp3) is 0.214. The predicted molar refractivity (Wildman–Crippen MR) is 85.3 cm³/mol. The van der Waals surface area contributed by atoms with Crippen molar-refractivity contribution in [3.05, 3.63) is 57.3 Å². The number of hydrogen-bond donors (Lipinski definition) is 0. The molecule has 1 aromatic heterocycles. The quantitative estimate of drug-likeness (QED) is 0.654. The molecule has 0 fully saturated rings. The number of methoxy groups -OCH3 is 1. The highest BCUT2D eigenvalue weighted by Gasteiger charge is 2.12. The lowest BCUT2D eigenvalue weighted by Gasteiger charge is -2.13. The lowest BCUT2D eigenvalue weighted by atomic mass is 10.1. The van der Waals surface area contributed by atoms with E-state index in [1.54, 1.807) is 19.5 Å². The summed E-state index contributed by atoms with van der Waals surface area (Å²) in [4.78, 5) is 4.18. The first-order chi connectivity index (χ1) is 9.11. The molecule has 2 aromatic rings. The molecule has 1 aromatic carbocycles. The van der Waals surface area contributed by atoms with E-state index in [-0.39, 0.29) is 4.83 Å². The van der Waals surface area contributed by atoms with E-state index in [0.717, 1.165) is 22.2 Å². The van der Waals surface area contributed by atoms with Crippen LogP contribution in [0.5, 0.6) is 5.75 Å². The normalized spacial score (nSPS) is 12.2. The third-order valence-corrected chi connectivity index (χ3v) is 4.61. The Labute approximate surface area is 134 Å². The van der Waals surface area contributed by atoms with E-state index in [2.05, 4.69) is 36.8 Å².